The number of esters is 3. The summed E-state index contributed by atoms with van der Waals surface area (Å²) < 4.78 is 47.8. The molecule has 0 aliphatic carbocycles. The Labute approximate surface area is 454 Å². The van der Waals surface area contributed by atoms with Gasteiger partial charge in [0.2, 0.25) is 0 Å². The summed E-state index contributed by atoms with van der Waals surface area (Å²) in [5.74, 6) is -4.52. The fourth-order valence-corrected chi connectivity index (χ4v) is 9.69. The second kappa shape index (κ2) is 27.3. The number of carbonyl (C=O) groups is 3. The number of allylic oxidation sites excluding steroid dienone is 4. The molecular formula is C56H74Cl2O18. The summed E-state index contributed by atoms with van der Waals surface area (Å²) in [5, 5.41) is 77.1. The molecule has 3 aliphatic heterocycles. The highest BCUT2D eigenvalue weighted by atomic mass is 35.5. The number of phenolic OH excluding ortho intramolecular Hbond substituents is 2. The number of rotatable bonds is 13. The molecular weight excluding hydrogens is 1030 g/mol. The molecule has 2 aromatic carbocycles. The lowest BCUT2D eigenvalue weighted by atomic mass is 9.88. The highest BCUT2D eigenvalue weighted by Crippen LogP contribution is 2.45. The first-order valence-corrected chi connectivity index (χ1v) is 26.1. The molecule has 2 aromatic rings. The van der Waals surface area contributed by atoms with Crippen molar-refractivity contribution in [2.24, 2.45) is 5.92 Å². The van der Waals surface area contributed by atoms with Gasteiger partial charge in [-0.05, 0) is 110 Å². The van der Waals surface area contributed by atoms with Crippen LogP contribution in [0.25, 0.3) is 0 Å². The van der Waals surface area contributed by atoms with Crippen LogP contribution in [0.15, 0.2) is 83.0 Å². The maximum Gasteiger partial charge on any atom is 0.342 e. The number of aliphatic hydroxyl groups is 5. The molecule has 7 N–H and O–H groups in total. The zero-order chi connectivity index (χ0) is 56.5. The van der Waals surface area contributed by atoms with E-state index < -0.39 is 138 Å². The van der Waals surface area contributed by atoms with Gasteiger partial charge in [-0.2, -0.15) is 0 Å². The van der Waals surface area contributed by atoms with Crippen LogP contribution in [0.1, 0.15) is 113 Å². The number of aromatic hydroxyl groups is 2. The van der Waals surface area contributed by atoms with Crippen LogP contribution in [-0.4, -0.2) is 153 Å². The molecule has 14 atom stereocenters. The van der Waals surface area contributed by atoms with E-state index in [0.29, 0.717) is 23.1 Å². The van der Waals surface area contributed by atoms with E-state index in [-0.39, 0.29) is 41.0 Å². The van der Waals surface area contributed by atoms with Gasteiger partial charge in [-0.1, -0.05) is 90.7 Å². The molecule has 76 heavy (non-hydrogen) atoms. The van der Waals surface area contributed by atoms with Gasteiger partial charge in [0.1, 0.15) is 41.1 Å². The van der Waals surface area contributed by atoms with Crippen LogP contribution in [0, 0.1) is 12.8 Å². The first-order chi connectivity index (χ1) is 35.8. The van der Waals surface area contributed by atoms with Crippen LogP contribution in [0.5, 0.6) is 11.5 Å². The van der Waals surface area contributed by atoms with Gasteiger partial charge < -0.3 is 73.6 Å². The fraction of sp³-hybridized carbons (Fsp3) is 0.554. The van der Waals surface area contributed by atoms with E-state index in [1.165, 1.54) is 33.1 Å². The lowest BCUT2D eigenvalue weighted by Crippen LogP contribution is -2.64. The Kier molecular flexibility index (Phi) is 22.3. The number of cyclic esters (lactones) is 1. The minimum atomic E-state index is -1.63. The first kappa shape index (κ1) is 62.2. The second-order valence-corrected chi connectivity index (χ2v) is 20.8. The first-order valence-electron chi connectivity index (χ1n) is 25.3. The van der Waals surface area contributed by atoms with E-state index in [0.717, 1.165) is 5.56 Å². The van der Waals surface area contributed by atoms with Crippen LogP contribution in [0.2, 0.25) is 10.0 Å². The SMILES string of the molecule is CCc1c(Cl)c(O)c(Cl)c(O)c1C(=O)O[C@H]1[C@H](O)[C@H](OC)[C@H](OC/C2=C\C=C\C[C@H](O)/C(C)=C/[C@H](CC)[C@@H](O[C@@H]3OC(C)(C)[C@@H](O)[C@H](OC(=O)c4ccc(C)cc4)[C@@H]3O)/C(C)=C/C(C)=C/C[C@@H]([C@@H](C)O)OC2=O)O[C@@H]1C. The number of carbonyl (C=O) groups excluding carboxylic acids is 3. The standard InChI is InChI=1S/C56H74Cl2O18/c1-12-33-25-29(5)37(60)17-15-14-16-35(26-70-55-49(69-11)44(63)47(32(8)71-55)73-53(68)39-36(13-2)40(57)43(62)41(58)42(39)61)52(67)72-38(31(7)59)23-20-28(4)24-30(6)46(33)75-54-45(64)48(50(65)56(9,10)76-54)74-51(66)34-21-18-27(3)19-22-34/h14-16,18-22,24-25,31-33,37-38,44-50,54-55,59-65H,12-13,17,23,26H2,1-11H3/b15-14+,28-20+,29-25+,30-24+,35-16+/t31-,32-,33+,37+,38+,44+,45+,46+,47-,48-,49+,50+,54-,55-/m1/s1. The summed E-state index contributed by atoms with van der Waals surface area (Å²) in [5.41, 5.74) is 1.37. The summed E-state index contributed by atoms with van der Waals surface area (Å²) >= 11 is 12.3. The molecule has 420 valence electrons. The number of hydrogen-bond donors (Lipinski definition) is 7. The van der Waals surface area contributed by atoms with Gasteiger partial charge in [0.05, 0.1) is 52.8 Å². The van der Waals surface area contributed by atoms with Crippen LogP contribution >= 0.6 is 23.2 Å². The van der Waals surface area contributed by atoms with E-state index in [1.807, 2.05) is 39.8 Å². The third kappa shape index (κ3) is 14.9. The largest absolute Gasteiger partial charge is 0.505 e. The summed E-state index contributed by atoms with van der Waals surface area (Å²) in [6.07, 6.45) is -5.78. The van der Waals surface area contributed by atoms with Crippen molar-refractivity contribution in [3.63, 3.8) is 0 Å². The van der Waals surface area contributed by atoms with Crippen molar-refractivity contribution in [1.82, 2.24) is 0 Å². The zero-order valence-electron chi connectivity index (χ0n) is 44.8. The van der Waals surface area contributed by atoms with Gasteiger partial charge in [-0.25, -0.2) is 14.4 Å². The van der Waals surface area contributed by atoms with Crippen molar-refractivity contribution < 1.29 is 88.0 Å². The van der Waals surface area contributed by atoms with Gasteiger partial charge in [0, 0.05) is 19.4 Å². The predicted octanol–water partition coefficient (Wildman–Crippen LogP) is 7.20. The third-order valence-electron chi connectivity index (χ3n) is 13.8. The highest BCUT2D eigenvalue weighted by molar-refractivity contribution is 6.39. The number of phenols is 2. The number of halogens is 2. The number of benzene rings is 2. The predicted molar refractivity (Wildman–Crippen MR) is 281 cm³/mol. The number of methoxy groups -OCH3 is 1. The minimum Gasteiger partial charge on any atom is -0.505 e. The van der Waals surface area contributed by atoms with E-state index in [9.17, 15) is 50.1 Å². The molecule has 0 aromatic heterocycles. The molecule has 0 unspecified atom stereocenters. The number of aliphatic hydroxyl groups excluding tert-OH is 5. The van der Waals surface area contributed by atoms with E-state index >= 15 is 0 Å². The molecule has 18 nitrogen and oxygen atoms in total. The van der Waals surface area contributed by atoms with E-state index in [1.54, 1.807) is 64.1 Å². The fourth-order valence-electron chi connectivity index (χ4n) is 9.13. The molecule has 5 rings (SSSR count). The lowest BCUT2D eigenvalue weighted by Gasteiger charge is -2.47. The van der Waals surface area contributed by atoms with Crippen LogP contribution in [-0.2, 0) is 49.1 Å². The Morgan fingerprint density at radius 3 is 2.14 bits per heavy atom. The maximum absolute atomic E-state index is 14.0. The molecule has 3 heterocycles. The second-order valence-electron chi connectivity index (χ2n) is 20.0. The minimum absolute atomic E-state index is 0.0416. The number of ether oxygens (including phenoxy) is 8. The van der Waals surface area contributed by atoms with Gasteiger partial charge >= 0.3 is 17.9 Å². The molecule has 20 heteroatoms. The van der Waals surface area contributed by atoms with E-state index in [2.05, 4.69) is 0 Å². The summed E-state index contributed by atoms with van der Waals surface area (Å²) in [6.45, 7) is 16.6. The molecule has 3 aliphatic rings. The van der Waals surface area contributed by atoms with Crippen molar-refractivity contribution in [1.29, 1.82) is 0 Å². The molecule has 2 saturated heterocycles. The topological polar surface area (TPSA) is 267 Å². The van der Waals surface area contributed by atoms with Crippen molar-refractivity contribution in [3.8, 4) is 11.5 Å². The Morgan fingerprint density at radius 2 is 1.53 bits per heavy atom. The van der Waals surface area contributed by atoms with Crippen LogP contribution in [0.4, 0.5) is 0 Å². The van der Waals surface area contributed by atoms with Gasteiger partial charge in [-0.15, -0.1) is 0 Å². The lowest BCUT2D eigenvalue weighted by molar-refractivity contribution is -0.330. The number of aryl methyl sites for hydroxylation is 1. The smallest absolute Gasteiger partial charge is 0.342 e. The zero-order valence-corrected chi connectivity index (χ0v) is 46.3. The molecule has 0 bridgehead atoms. The highest BCUT2D eigenvalue weighted by Gasteiger charge is 2.53. The Balaban J connectivity index is 1.39. The summed E-state index contributed by atoms with van der Waals surface area (Å²) in [4.78, 5) is 40.8. The van der Waals surface area contributed by atoms with Gasteiger partial charge in [0.25, 0.3) is 0 Å². The van der Waals surface area contributed by atoms with Crippen molar-refractivity contribution in [2.45, 2.75) is 180 Å². The molecule has 0 radical (unpaired) electrons. The molecule has 0 spiro atoms. The van der Waals surface area contributed by atoms with Gasteiger partial charge in [0.15, 0.2) is 36.3 Å². The van der Waals surface area contributed by atoms with Crippen molar-refractivity contribution in [2.75, 3.05) is 13.7 Å². The molecule has 2 fully saturated rings. The molecule has 0 amide bonds. The van der Waals surface area contributed by atoms with Crippen LogP contribution in [0.3, 0.4) is 0 Å². The molecule has 0 saturated carbocycles. The van der Waals surface area contributed by atoms with Crippen molar-refractivity contribution >= 4 is 41.1 Å². The van der Waals surface area contributed by atoms with Gasteiger partial charge in [-0.3, -0.25) is 0 Å². The number of hydrogen-bond acceptors (Lipinski definition) is 18. The van der Waals surface area contributed by atoms with E-state index in [4.69, 9.17) is 61.1 Å². The summed E-state index contributed by atoms with van der Waals surface area (Å²) in [7, 11) is 1.26. The monoisotopic (exact) mass is 1100 g/mol. The average Bonchev–Trinajstić information content (AvgIpc) is 3.37. The average molecular weight is 1110 g/mol. The Morgan fingerprint density at radius 1 is 0.868 bits per heavy atom. The Hall–Kier alpha value is -4.67. The quantitative estimate of drug-likeness (QED) is 0.0594. The summed E-state index contributed by atoms with van der Waals surface area (Å²) in [6, 6.07) is 6.69. The van der Waals surface area contributed by atoms with Crippen molar-refractivity contribution in [3.05, 3.63) is 115 Å². The Bertz CT molecular complexity index is 2520. The van der Waals surface area contributed by atoms with Crippen LogP contribution < -0.4 is 0 Å². The maximum atomic E-state index is 14.0. The normalized spacial score (nSPS) is 33.5. The third-order valence-corrected chi connectivity index (χ3v) is 14.6.